The Labute approximate surface area is 158 Å². The number of hydrogen-bond acceptors (Lipinski definition) is 7. The Balaban J connectivity index is 1.64. The minimum Gasteiger partial charge on any atom is -0.490 e. The highest BCUT2D eigenvalue weighted by molar-refractivity contribution is 5.79. The van der Waals surface area contributed by atoms with Crippen molar-refractivity contribution in [3.63, 3.8) is 0 Å². The fraction of sp³-hybridized carbons (Fsp3) is 0.263. The molecular weight excluding hydrogens is 362 g/mol. The van der Waals surface area contributed by atoms with Crippen LogP contribution in [0.25, 0.3) is 28.1 Å². The Morgan fingerprint density at radius 1 is 1.14 bits per heavy atom. The van der Waals surface area contributed by atoms with Gasteiger partial charge in [-0.25, -0.2) is 4.98 Å². The van der Waals surface area contributed by atoms with E-state index in [-0.39, 0.29) is 18.7 Å². The smallest absolute Gasteiger partial charge is 0.261 e. The number of benzene rings is 1. The van der Waals surface area contributed by atoms with Gasteiger partial charge >= 0.3 is 0 Å². The Morgan fingerprint density at radius 2 is 2.00 bits per heavy atom. The highest BCUT2D eigenvalue weighted by Crippen LogP contribution is 2.33. The van der Waals surface area contributed by atoms with E-state index in [1.54, 1.807) is 16.8 Å². The molecule has 9 heteroatoms. The molecule has 9 nitrogen and oxygen atoms in total. The average molecular weight is 379 g/mol. The lowest BCUT2D eigenvalue weighted by molar-refractivity contribution is 0.274. The van der Waals surface area contributed by atoms with Crippen LogP contribution in [0.2, 0.25) is 0 Å². The summed E-state index contributed by atoms with van der Waals surface area (Å²) in [6.45, 7) is 1.34. The molecule has 4 heterocycles. The molecule has 0 saturated carbocycles. The van der Waals surface area contributed by atoms with Crippen molar-refractivity contribution in [2.24, 2.45) is 0 Å². The third kappa shape index (κ3) is 2.67. The topological polar surface area (TPSA) is 104 Å². The van der Waals surface area contributed by atoms with E-state index in [0.29, 0.717) is 47.2 Å². The zero-order chi connectivity index (χ0) is 19.1. The van der Waals surface area contributed by atoms with Gasteiger partial charge in [0.2, 0.25) is 0 Å². The SMILES string of the molecule is O=c1c2cnc3nc(-c4ccc5c(c4)OCCCO5)nn3c2ccn1CCO. The largest absolute Gasteiger partial charge is 0.490 e. The number of hydrogen-bond donors (Lipinski definition) is 1. The van der Waals surface area contributed by atoms with Gasteiger partial charge in [0.1, 0.15) is 0 Å². The molecule has 0 atom stereocenters. The van der Waals surface area contributed by atoms with Gasteiger partial charge in [-0.15, -0.1) is 5.10 Å². The molecule has 0 amide bonds. The summed E-state index contributed by atoms with van der Waals surface area (Å²) in [4.78, 5) is 21.3. The number of ether oxygens (including phenoxy) is 2. The number of aromatic nitrogens is 5. The first-order valence-corrected chi connectivity index (χ1v) is 9.00. The van der Waals surface area contributed by atoms with Crippen LogP contribution in [-0.2, 0) is 6.54 Å². The minimum atomic E-state index is -0.228. The van der Waals surface area contributed by atoms with Crippen LogP contribution in [0.3, 0.4) is 0 Å². The van der Waals surface area contributed by atoms with E-state index < -0.39 is 0 Å². The number of rotatable bonds is 3. The molecule has 142 valence electrons. The molecule has 1 aromatic carbocycles. The fourth-order valence-electron chi connectivity index (χ4n) is 3.27. The van der Waals surface area contributed by atoms with Gasteiger partial charge < -0.3 is 19.1 Å². The highest BCUT2D eigenvalue weighted by atomic mass is 16.5. The molecule has 1 N–H and O–H groups in total. The second-order valence-electron chi connectivity index (χ2n) is 6.45. The zero-order valence-corrected chi connectivity index (χ0v) is 14.9. The van der Waals surface area contributed by atoms with E-state index in [0.717, 1.165) is 12.0 Å². The Bertz CT molecular complexity index is 1250. The van der Waals surface area contributed by atoms with Gasteiger partial charge in [0.25, 0.3) is 11.3 Å². The molecule has 1 aliphatic rings. The first-order valence-electron chi connectivity index (χ1n) is 9.00. The van der Waals surface area contributed by atoms with Crippen molar-refractivity contribution in [2.75, 3.05) is 19.8 Å². The lowest BCUT2D eigenvalue weighted by atomic mass is 10.2. The predicted octanol–water partition coefficient (Wildman–Crippen LogP) is 1.26. The molecule has 3 aromatic heterocycles. The first-order chi connectivity index (χ1) is 13.7. The van der Waals surface area contributed by atoms with E-state index in [9.17, 15) is 4.79 Å². The van der Waals surface area contributed by atoms with Crippen LogP contribution in [-0.4, -0.2) is 49.1 Å². The number of fused-ring (bicyclic) bond motifs is 4. The summed E-state index contributed by atoms with van der Waals surface area (Å²) in [5, 5.41) is 14.1. The third-order valence-electron chi connectivity index (χ3n) is 4.65. The maximum atomic E-state index is 12.6. The first kappa shape index (κ1) is 16.7. The van der Waals surface area contributed by atoms with Crippen LogP contribution in [0.4, 0.5) is 0 Å². The van der Waals surface area contributed by atoms with E-state index in [2.05, 4.69) is 15.1 Å². The van der Waals surface area contributed by atoms with Crippen LogP contribution in [0.15, 0.2) is 41.5 Å². The van der Waals surface area contributed by atoms with Gasteiger partial charge in [0.15, 0.2) is 17.3 Å². The lowest BCUT2D eigenvalue weighted by Crippen LogP contribution is -2.21. The molecule has 0 radical (unpaired) electrons. The molecule has 4 aromatic rings. The summed E-state index contributed by atoms with van der Waals surface area (Å²) in [6, 6.07) is 7.35. The van der Waals surface area contributed by atoms with Crippen LogP contribution >= 0.6 is 0 Å². The summed E-state index contributed by atoms with van der Waals surface area (Å²) >= 11 is 0. The molecular formula is C19H17N5O4. The third-order valence-corrected chi connectivity index (χ3v) is 4.65. The normalized spacial score (nSPS) is 13.8. The number of pyridine rings is 1. The Morgan fingerprint density at radius 3 is 2.86 bits per heavy atom. The van der Waals surface area contributed by atoms with Gasteiger partial charge in [0.05, 0.1) is 30.7 Å². The highest BCUT2D eigenvalue weighted by Gasteiger charge is 2.16. The zero-order valence-electron chi connectivity index (χ0n) is 14.9. The van der Waals surface area contributed by atoms with Crippen molar-refractivity contribution in [3.8, 4) is 22.9 Å². The standard InChI is InChI=1S/C19H17N5O4/c25-7-6-23-5-4-14-13(18(23)26)11-20-19-21-17(22-24(14)19)12-2-3-15-16(10-12)28-9-1-8-27-15/h2-5,10-11,25H,1,6-9H2. The van der Waals surface area contributed by atoms with E-state index in [4.69, 9.17) is 14.6 Å². The summed E-state index contributed by atoms with van der Waals surface area (Å²) in [5.74, 6) is 2.25. The fourth-order valence-corrected chi connectivity index (χ4v) is 3.27. The van der Waals surface area contributed by atoms with Crippen molar-refractivity contribution >= 4 is 16.7 Å². The average Bonchev–Trinajstić information content (AvgIpc) is 3.01. The monoisotopic (exact) mass is 379 g/mol. The second kappa shape index (κ2) is 6.61. The number of nitrogens with zero attached hydrogens (tertiary/aromatic N) is 5. The maximum absolute atomic E-state index is 12.6. The summed E-state index contributed by atoms with van der Waals surface area (Å²) in [5.41, 5.74) is 1.15. The van der Waals surface area contributed by atoms with Crippen LogP contribution in [0.5, 0.6) is 11.5 Å². The van der Waals surface area contributed by atoms with Crippen molar-refractivity contribution in [3.05, 3.63) is 47.0 Å². The molecule has 0 bridgehead atoms. The quantitative estimate of drug-likeness (QED) is 0.571. The molecule has 0 saturated heterocycles. The van der Waals surface area contributed by atoms with Crippen molar-refractivity contribution in [2.45, 2.75) is 13.0 Å². The summed E-state index contributed by atoms with van der Waals surface area (Å²) in [6.07, 6.45) is 3.96. The summed E-state index contributed by atoms with van der Waals surface area (Å²) < 4.78 is 14.4. The Kier molecular flexibility index (Phi) is 3.94. The number of aliphatic hydroxyl groups excluding tert-OH is 1. The van der Waals surface area contributed by atoms with Crippen molar-refractivity contribution in [1.82, 2.24) is 24.1 Å². The van der Waals surface area contributed by atoms with Gasteiger partial charge in [0, 0.05) is 30.9 Å². The van der Waals surface area contributed by atoms with E-state index in [1.807, 2.05) is 18.2 Å². The van der Waals surface area contributed by atoms with E-state index in [1.165, 1.54) is 10.8 Å². The molecule has 1 aliphatic heterocycles. The molecule has 28 heavy (non-hydrogen) atoms. The van der Waals surface area contributed by atoms with Crippen molar-refractivity contribution < 1.29 is 14.6 Å². The van der Waals surface area contributed by atoms with Crippen LogP contribution in [0.1, 0.15) is 6.42 Å². The van der Waals surface area contributed by atoms with Gasteiger partial charge in [-0.1, -0.05) is 0 Å². The molecule has 0 unspecified atom stereocenters. The summed E-state index contributed by atoms with van der Waals surface area (Å²) in [7, 11) is 0. The second-order valence-corrected chi connectivity index (χ2v) is 6.45. The Hall–Kier alpha value is -3.46. The van der Waals surface area contributed by atoms with Crippen molar-refractivity contribution in [1.29, 1.82) is 0 Å². The lowest BCUT2D eigenvalue weighted by Gasteiger charge is -2.07. The van der Waals surface area contributed by atoms with Crippen LogP contribution < -0.4 is 15.0 Å². The van der Waals surface area contributed by atoms with Gasteiger partial charge in [-0.3, -0.25) is 4.79 Å². The van der Waals surface area contributed by atoms with Crippen LogP contribution in [0, 0.1) is 0 Å². The minimum absolute atomic E-state index is 0.112. The molecule has 0 spiro atoms. The predicted molar refractivity (Wildman–Crippen MR) is 101 cm³/mol. The molecule has 0 fully saturated rings. The molecule has 5 rings (SSSR count). The van der Waals surface area contributed by atoms with Gasteiger partial charge in [-0.05, 0) is 24.3 Å². The molecule has 0 aliphatic carbocycles. The van der Waals surface area contributed by atoms with E-state index >= 15 is 0 Å². The number of aliphatic hydroxyl groups is 1. The van der Waals surface area contributed by atoms with Gasteiger partial charge in [-0.2, -0.15) is 9.50 Å². The maximum Gasteiger partial charge on any atom is 0.261 e.